The zero-order chi connectivity index (χ0) is 10.1. The fourth-order valence-corrected chi connectivity index (χ4v) is 0.742. The van der Waals surface area contributed by atoms with Gasteiger partial charge in [-0.1, -0.05) is 26.3 Å². The van der Waals surface area contributed by atoms with Crippen molar-refractivity contribution >= 4 is 5.71 Å². The molecular weight excluding hydrogens is 146 g/mol. The molecule has 0 aliphatic carbocycles. The van der Waals surface area contributed by atoms with Gasteiger partial charge in [0.05, 0.1) is 0 Å². The van der Waals surface area contributed by atoms with Crippen molar-refractivity contribution in [3.05, 3.63) is 11.1 Å². The van der Waals surface area contributed by atoms with Crippen molar-refractivity contribution in [1.82, 2.24) is 0 Å². The number of hydrogen-bond acceptors (Lipinski definition) is 1. The molecule has 1 nitrogen and oxygen atoms in total. The molecule has 0 aromatic carbocycles. The Morgan fingerprint density at radius 3 is 1.75 bits per heavy atom. The van der Waals surface area contributed by atoms with E-state index in [1.165, 1.54) is 11.1 Å². The number of hydrogen-bond donors (Lipinski definition) is 0. The van der Waals surface area contributed by atoms with Crippen LogP contribution in [-0.4, -0.2) is 12.8 Å². The molecule has 0 aromatic rings. The lowest BCUT2D eigenvalue weighted by molar-refractivity contribution is 1.07. The fourth-order valence-electron chi connectivity index (χ4n) is 0.742. The Morgan fingerprint density at radius 1 is 1.08 bits per heavy atom. The molecule has 12 heavy (non-hydrogen) atoms. The van der Waals surface area contributed by atoms with Crippen molar-refractivity contribution < 1.29 is 0 Å². The smallest absolute Gasteiger partial charge is 0.0342 e. The van der Waals surface area contributed by atoms with Gasteiger partial charge < -0.3 is 0 Å². The summed E-state index contributed by atoms with van der Waals surface area (Å²) in [4.78, 5) is 4.12. The first-order valence-electron chi connectivity index (χ1n) is 4.73. The largest absolute Gasteiger partial charge is 0.293 e. The summed E-state index contributed by atoms with van der Waals surface area (Å²) in [5.41, 5.74) is 3.92. The molecule has 0 radical (unpaired) electrons. The van der Waals surface area contributed by atoms with Gasteiger partial charge in [0, 0.05) is 12.8 Å². The lowest BCUT2D eigenvalue weighted by atomic mass is 10.1. The Morgan fingerprint density at radius 2 is 1.50 bits per heavy atom. The molecule has 72 valence electrons. The van der Waals surface area contributed by atoms with Crippen molar-refractivity contribution in [3.8, 4) is 0 Å². The van der Waals surface area contributed by atoms with E-state index >= 15 is 0 Å². The summed E-state index contributed by atoms with van der Waals surface area (Å²) in [6.07, 6.45) is 1.12. The van der Waals surface area contributed by atoms with Gasteiger partial charge in [-0.2, -0.15) is 0 Å². The van der Waals surface area contributed by atoms with Crippen molar-refractivity contribution in [2.24, 2.45) is 4.99 Å². The first-order valence-corrected chi connectivity index (χ1v) is 4.73. The molecule has 0 aliphatic heterocycles. The molecule has 0 unspecified atom stereocenters. The van der Waals surface area contributed by atoms with Gasteiger partial charge in [-0.15, -0.1) is 0 Å². The molecule has 0 rings (SSSR count). The highest BCUT2D eigenvalue weighted by Gasteiger charge is 1.96. The molecule has 0 aliphatic rings. The van der Waals surface area contributed by atoms with Crippen molar-refractivity contribution in [2.75, 3.05) is 7.05 Å². The molecule has 1 heteroatoms. The first-order chi connectivity index (χ1) is 5.63. The van der Waals surface area contributed by atoms with Crippen molar-refractivity contribution in [1.29, 1.82) is 0 Å². The molecule has 0 fully saturated rings. The maximum Gasteiger partial charge on any atom is 0.0342 e. The van der Waals surface area contributed by atoms with E-state index in [2.05, 4.69) is 32.7 Å². The van der Waals surface area contributed by atoms with Crippen LogP contribution in [0.3, 0.4) is 0 Å². The van der Waals surface area contributed by atoms with Gasteiger partial charge in [-0.25, -0.2) is 0 Å². The Balaban J connectivity index is 0. The van der Waals surface area contributed by atoms with E-state index in [0.29, 0.717) is 0 Å². The third-order valence-electron chi connectivity index (χ3n) is 2.05. The molecule has 0 N–H and O–H groups in total. The SMILES string of the molecule is CC.CC/C(C)=C(/C)C(C)=NC. The Bertz CT molecular complexity index is 164. The van der Waals surface area contributed by atoms with E-state index in [1.54, 1.807) is 0 Å². The quantitative estimate of drug-likeness (QED) is 0.557. The van der Waals surface area contributed by atoms with Crippen molar-refractivity contribution in [2.45, 2.75) is 48.0 Å². The standard InChI is InChI=1S/C9H17N.C2H6/c1-6-7(2)8(3)9(4)10-5;1-2/h6H2,1-5H3;1-2H3/b8-7-,10-9?;. The zero-order valence-electron chi connectivity index (χ0n) is 9.65. The number of nitrogens with zero attached hydrogens (tertiary/aromatic N) is 1. The summed E-state index contributed by atoms with van der Waals surface area (Å²) >= 11 is 0. The third-order valence-corrected chi connectivity index (χ3v) is 2.05. The average Bonchev–Trinajstić information content (AvgIpc) is 2.17. The minimum Gasteiger partial charge on any atom is -0.293 e. The minimum atomic E-state index is 1.12. The predicted molar refractivity (Wildman–Crippen MR) is 59.0 cm³/mol. The van der Waals surface area contributed by atoms with E-state index < -0.39 is 0 Å². The zero-order valence-corrected chi connectivity index (χ0v) is 9.65. The predicted octanol–water partition coefficient (Wildman–Crippen LogP) is 3.85. The van der Waals surface area contributed by atoms with Gasteiger partial charge in [0.15, 0.2) is 0 Å². The first kappa shape index (κ1) is 14.0. The van der Waals surface area contributed by atoms with Crippen LogP contribution in [0.15, 0.2) is 16.1 Å². The third kappa shape index (κ3) is 5.11. The van der Waals surface area contributed by atoms with Gasteiger partial charge in [0.1, 0.15) is 0 Å². The van der Waals surface area contributed by atoms with Gasteiger partial charge in [-0.3, -0.25) is 4.99 Å². The van der Waals surface area contributed by atoms with Crippen LogP contribution in [0, 0.1) is 0 Å². The Labute approximate surface area is 77.6 Å². The highest BCUT2D eigenvalue weighted by molar-refractivity contribution is 5.98. The molecular formula is C11H23N. The number of rotatable bonds is 2. The van der Waals surface area contributed by atoms with E-state index in [1.807, 2.05) is 20.9 Å². The maximum atomic E-state index is 4.12. The molecule has 0 aromatic heterocycles. The molecule has 0 saturated carbocycles. The molecule has 0 atom stereocenters. The number of allylic oxidation sites excluding steroid dienone is 2. The molecule has 0 saturated heterocycles. The second kappa shape index (κ2) is 8.51. The van der Waals surface area contributed by atoms with Gasteiger partial charge in [0.25, 0.3) is 0 Å². The van der Waals surface area contributed by atoms with Crippen LogP contribution in [0.1, 0.15) is 48.0 Å². The second-order valence-corrected chi connectivity index (χ2v) is 2.57. The summed E-state index contributed by atoms with van der Waals surface area (Å²) in [6.45, 7) is 12.5. The van der Waals surface area contributed by atoms with Crippen LogP contribution in [0.4, 0.5) is 0 Å². The molecule has 0 bridgehead atoms. The highest BCUT2D eigenvalue weighted by Crippen LogP contribution is 2.08. The van der Waals surface area contributed by atoms with Crippen LogP contribution in [-0.2, 0) is 0 Å². The van der Waals surface area contributed by atoms with Crippen molar-refractivity contribution in [3.63, 3.8) is 0 Å². The summed E-state index contributed by atoms with van der Waals surface area (Å²) in [7, 11) is 1.84. The normalized spacial score (nSPS) is 13.1. The van der Waals surface area contributed by atoms with Gasteiger partial charge in [-0.05, 0) is 32.8 Å². The average molecular weight is 169 g/mol. The summed E-state index contributed by atoms with van der Waals surface area (Å²) < 4.78 is 0. The van der Waals surface area contributed by atoms with Crippen LogP contribution in [0.2, 0.25) is 0 Å². The monoisotopic (exact) mass is 169 g/mol. The summed E-state index contributed by atoms with van der Waals surface area (Å²) in [5, 5.41) is 0. The minimum absolute atomic E-state index is 1.12. The lowest BCUT2D eigenvalue weighted by Gasteiger charge is -2.03. The van der Waals surface area contributed by atoms with E-state index in [9.17, 15) is 0 Å². The highest BCUT2D eigenvalue weighted by atomic mass is 14.7. The molecule has 0 heterocycles. The van der Waals surface area contributed by atoms with Gasteiger partial charge in [0.2, 0.25) is 0 Å². The maximum absolute atomic E-state index is 4.12. The Kier molecular flexibility index (Phi) is 9.90. The van der Waals surface area contributed by atoms with Crippen LogP contribution in [0.25, 0.3) is 0 Å². The lowest BCUT2D eigenvalue weighted by Crippen LogP contribution is -1.95. The summed E-state index contributed by atoms with van der Waals surface area (Å²) in [6, 6.07) is 0. The van der Waals surface area contributed by atoms with Crippen LogP contribution in [0.5, 0.6) is 0 Å². The Hall–Kier alpha value is -0.590. The van der Waals surface area contributed by atoms with E-state index in [-0.39, 0.29) is 0 Å². The molecule has 0 spiro atoms. The molecule has 0 amide bonds. The topological polar surface area (TPSA) is 12.4 Å². The fraction of sp³-hybridized carbons (Fsp3) is 0.727. The van der Waals surface area contributed by atoms with Crippen LogP contribution >= 0.6 is 0 Å². The van der Waals surface area contributed by atoms with Gasteiger partial charge >= 0.3 is 0 Å². The summed E-state index contributed by atoms with van der Waals surface area (Å²) in [5.74, 6) is 0. The van der Waals surface area contributed by atoms with E-state index in [0.717, 1.165) is 12.1 Å². The number of aliphatic imine (C=N–C) groups is 1. The second-order valence-electron chi connectivity index (χ2n) is 2.57. The van der Waals surface area contributed by atoms with E-state index in [4.69, 9.17) is 0 Å². The van der Waals surface area contributed by atoms with Crippen LogP contribution < -0.4 is 0 Å².